The van der Waals surface area contributed by atoms with Crippen LogP contribution < -0.4 is 0 Å². The Balaban J connectivity index is 1.93. The van der Waals surface area contributed by atoms with Crippen LogP contribution in [0.1, 0.15) is 86.1 Å². The average molecular weight is 519 g/mol. The normalized spacial score (nSPS) is 14.3. The number of phenols is 2. The third kappa shape index (κ3) is 4.65. The molecule has 0 bridgehead atoms. The van der Waals surface area contributed by atoms with Gasteiger partial charge in [0.05, 0.1) is 5.41 Å². The summed E-state index contributed by atoms with van der Waals surface area (Å²) in [6, 6.07) is 26.3. The fraction of sp³-hybridized carbons (Fsp3) is 0.351. The summed E-state index contributed by atoms with van der Waals surface area (Å²) in [7, 11) is 0. The summed E-state index contributed by atoms with van der Waals surface area (Å²) in [6.07, 6.45) is 1.55. The van der Waals surface area contributed by atoms with Crippen molar-refractivity contribution in [1.29, 1.82) is 0 Å². The van der Waals surface area contributed by atoms with Gasteiger partial charge in [-0.3, -0.25) is 0 Å². The highest BCUT2D eigenvalue weighted by molar-refractivity contribution is 5.86. The number of benzene rings is 4. The van der Waals surface area contributed by atoms with E-state index >= 15 is 0 Å². The first-order chi connectivity index (χ1) is 18.2. The summed E-state index contributed by atoms with van der Waals surface area (Å²) in [5, 5.41) is 22.4. The van der Waals surface area contributed by atoms with Gasteiger partial charge < -0.3 is 10.2 Å². The molecular weight excluding hydrogens is 476 g/mol. The van der Waals surface area contributed by atoms with E-state index in [0.717, 1.165) is 46.2 Å². The lowest BCUT2D eigenvalue weighted by molar-refractivity contribution is 0.392. The van der Waals surface area contributed by atoms with Crippen LogP contribution in [-0.4, -0.2) is 10.2 Å². The van der Waals surface area contributed by atoms with Crippen molar-refractivity contribution in [3.05, 3.63) is 117 Å². The fourth-order valence-electron chi connectivity index (χ4n) is 6.57. The highest BCUT2D eigenvalue weighted by Gasteiger charge is 2.47. The maximum Gasteiger partial charge on any atom is 0.121 e. The molecule has 0 saturated heterocycles. The molecule has 4 aromatic carbocycles. The van der Waals surface area contributed by atoms with Crippen LogP contribution >= 0.6 is 0 Å². The average Bonchev–Trinajstić information content (AvgIpc) is 3.14. The van der Waals surface area contributed by atoms with Gasteiger partial charge >= 0.3 is 0 Å². The van der Waals surface area contributed by atoms with Crippen molar-refractivity contribution in [1.82, 2.24) is 0 Å². The Kier molecular flexibility index (Phi) is 6.45. The second-order valence-corrected chi connectivity index (χ2v) is 13.9. The van der Waals surface area contributed by atoms with E-state index in [-0.39, 0.29) is 10.8 Å². The molecule has 0 atom stereocenters. The topological polar surface area (TPSA) is 40.5 Å². The minimum atomic E-state index is -0.580. The molecular formula is C37H42O2. The van der Waals surface area contributed by atoms with Crippen LogP contribution in [-0.2, 0) is 18.3 Å². The second-order valence-electron chi connectivity index (χ2n) is 13.9. The molecule has 0 unspecified atom stereocenters. The van der Waals surface area contributed by atoms with Crippen LogP contribution in [0.25, 0.3) is 11.1 Å². The number of rotatable bonds is 4. The molecule has 2 nitrogen and oxygen atoms in total. The minimum Gasteiger partial charge on any atom is -0.507 e. The Labute approximate surface area is 234 Å². The van der Waals surface area contributed by atoms with Gasteiger partial charge in [0.1, 0.15) is 11.5 Å². The minimum absolute atomic E-state index is 0.0240. The number of aromatic hydroxyl groups is 2. The molecule has 0 fully saturated rings. The summed E-state index contributed by atoms with van der Waals surface area (Å²) in [5.74, 6) is 0.775. The van der Waals surface area contributed by atoms with Gasteiger partial charge in [-0.25, -0.2) is 0 Å². The Hall–Kier alpha value is -3.52. The number of phenolic OH excluding ortho intramolecular Hbond substituents is 2. The van der Waals surface area contributed by atoms with Gasteiger partial charge in [-0.05, 0) is 93.2 Å². The zero-order chi connectivity index (χ0) is 28.3. The zero-order valence-corrected chi connectivity index (χ0v) is 24.7. The van der Waals surface area contributed by atoms with E-state index in [1.807, 2.05) is 13.8 Å². The first kappa shape index (κ1) is 27.1. The quantitative estimate of drug-likeness (QED) is 0.249. The molecule has 0 heterocycles. The Bertz CT molecular complexity index is 1440. The summed E-state index contributed by atoms with van der Waals surface area (Å²) in [4.78, 5) is 0. The van der Waals surface area contributed by atoms with E-state index in [0.29, 0.717) is 11.5 Å². The molecule has 0 aliphatic heterocycles. The van der Waals surface area contributed by atoms with E-state index in [2.05, 4.69) is 114 Å². The molecule has 0 aromatic heterocycles. The molecule has 0 saturated carbocycles. The molecule has 39 heavy (non-hydrogen) atoms. The molecule has 0 radical (unpaired) electrons. The van der Waals surface area contributed by atoms with Crippen LogP contribution in [0.3, 0.4) is 0 Å². The predicted octanol–water partition coefficient (Wildman–Crippen LogP) is 9.25. The predicted molar refractivity (Wildman–Crippen MR) is 163 cm³/mol. The summed E-state index contributed by atoms with van der Waals surface area (Å²) < 4.78 is 0. The first-order valence-electron chi connectivity index (χ1n) is 14.1. The van der Waals surface area contributed by atoms with Crippen LogP contribution in [0.4, 0.5) is 0 Å². The number of hydrogen-bond acceptors (Lipinski definition) is 2. The van der Waals surface area contributed by atoms with Crippen molar-refractivity contribution in [2.45, 2.75) is 73.6 Å². The summed E-state index contributed by atoms with van der Waals surface area (Å²) in [5.41, 5.74) is 10.5. The van der Waals surface area contributed by atoms with E-state index < -0.39 is 5.41 Å². The van der Waals surface area contributed by atoms with Crippen molar-refractivity contribution in [3.8, 4) is 22.6 Å². The highest BCUT2D eigenvalue weighted by Crippen LogP contribution is 2.57. The fourth-order valence-corrected chi connectivity index (χ4v) is 6.57. The largest absolute Gasteiger partial charge is 0.507 e. The Morgan fingerprint density at radius 2 is 0.923 bits per heavy atom. The SMILES string of the molecule is Cc1cc(C2(c3cc(C)c(O)c(CC(C)(C)C)c3)c3ccccc3-c3ccccc32)cc(CC(C)(C)C)c1O. The van der Waals surface area contributed by atoms with Crippen LogP contribution in [0.2, 0.25) is 0 Å². The highest BCUT2D eigenvalue weighted by atomic mass is 16.3. The third-order valence-corrected chi connectivity index (χ3v) is 8.02. The van der Waals surface area contributed by atoms with Crippen molar-refractivity contribution >= 4 is 0 Å². The van der Waals surface area contributed by atoms with E-state index in [1.54, 1.807) is 0 Å². The standard InChI is InChI=1S/C37H42O2/c1-23-17-27(19-25(33(23)38)21-35(3,4)5)37(28-18-24(2)34(39)26(20-28)22-36(6,7)8)31-15-11-9-13-29(31)30-14-10-12-16-32(30)37/h9-20,38-39H,21-22H2,1-8H3. The Morgan fingerprint density at radius 1 is 0.564 bits per heavy atom. The van der Waals surface area contributed by atoms with Gasteiger partial charge in [-0.15, -0.1) is 0 Å². The zero-order valence-electron chi connectivity index (χ0n) is 24.7. The Morgan fingerprint density at radius 3 is 1.28 bits per heavy atom. The molecule has 1 aliphatic rings. The lowest BCUT2D eigenvalue weighted by atomic mass is 9.66. The number of fused-ring (bicyclic) bond motifs is 3. The van der Waals surface area contributed by atoms with E-state index in [1.165, 1.54) is 22.3 Å². The molecule has 202 valence electrons. The van der Waals surface area contributed by atoms with Crippen molar-refractivity contribution in [2.75, 3.05) is 0 Å². The molecule has 2 heteroatoms. The molecule has 1 aliphatic carbocycles. The first-order valence-corrected chi connectivity index (χ1v) is 14.1. The van der Waals surface area contributed by atoms with Gasteiger partial charge in [0.15, 0.2) is 0 Å². The molecule has 0 amide bonds. The van der Waals surface area contributed by atoms with Crippen LogP contribution in [0.5, 0.6) is 11.5 Å². The maximum atomic E-state index is 11.2. The lowest BCUT2D eigenvalue weighted by Gasteiger charge is -2.36. The monoisotopic (exact) mass is 518 g/mol. The molecule has 0 spiro atoms. The van der Waals surface area contributed by atoms with E-state index in [4.69, 9.17) is 0 Å². The lowest BCUT2D eigenvalue weighted by Crippen LogP contribution is -2.29. The summed E-state index contributed by atoms with van der Waals surface area (Å²) >= 11 is 0. The van der Waals surface area contributed by atoms with Crippen molar-refractivity contribution in [3.63, 3.8) is 0 Å². The third-order valence-electron chi connectivity index (χ3n) is 8.02. The van der Waals surface area contributed by atoms with Crippen LogP contribution in [0, 0.1) is 24.7 Å². The summed E-state index contributed by atoms with van der Waals surface area (Å²) in [6.45, 7) is 17.3. The smallest absolute Gasteiger partial charge is 0.121 e. The molecule has 4 aromatic rings. The maximum absolute atomic E-state index is 11.2. The van der Waals surface area contributed by atoms with Gasteiger partial charge in [-0.2, -0.15) is 0 Å². The van der Waals surface area contributed by atoms with Crippen molar-refractivity contribution < 1.29 is 10.2 Å². The number of aryl methyl sites for hydroxylation is 2. The van der Waals surface area contributed by atoms with Crippen molar-refractivity contribution in [2.24, 2.45) is 10.8 Å². The van der Waals surface area contributed by atoms with Gasteiger partial charge in [0.25, 0.3) is 0 Å². The van der Waals surface area contributed by atoms with Gasteiger partial charge in [-0.1, -0.05) is 114 Å². The van der Waals surface area contributed by atoms with Gasteiger partial charge in [0.2, 0.25) is 0 Å². The van der Waals surface area contributed by atoms with Crippen LogP contribution in [0.15, 0.2) is 72.8 Å². The second kappa shape index (κ2) is 9.30. The number of hydrogen-bond donors (Lipinski definition) is 2. The van der Waals surface area contributed by atoms with Gasteiger partial charge in [0, 0.05) is 0 Å². The molecule has 2 N–H and O–H groups in total. The molecule has 5 rings (SSSR count). The van der Waals surface area contributed by atoms with E-state index in [9.17, 15) is 10.2 Å².